The molecule has 4 nitrogen and oxygen atoms in total. The summed E-state index contributed by atoms with van der Waals surface area (Å²) >= 11 is 1.42. The maximum atomic E-state index is 11.9. The monoisotopic (exact) mass is 277 g/mol. The maximum Gasteiger partial charge on any atom is 0.271 e. The Bertz CT molecular complexity index is 365. The number of amides is 1. The number of hydrogen-bond acceptors (Lipinski definition) is 4. The standard InChI is InChI=1S/C11H19N3OS.ClH/c1-4-5-11(2,3)14-10(15)8-7-16-9(6-12)13-8;/h7H,4-6,12H2,1-3H3,(H,14,15);1H. The molecule has 3 N–H and O–H groups in total. The van der Waals surface area contributed by atoms with E-state index in [-0.39, 0.29) is 23.9 Å². The molecule has 0 aliphatic carbocycles. The summed E-state index contributed by atoms with van der Waals surface area (Å²) in [5, 5.41) is 5.52. The number of nitrogens with zero attached hydrogens (tertiary/aromatic N) is 1. The van der Waals surface area contributed by atoms with Crippen LogP contribution in [0, 0.1) is 0 Å². The molecule has 0 aliphatic heterocycles. The highest BCUT2D eigenvalue weighted by Gasteiger charge is 2.21. The summed E-state index contributed by atoms with van der Waals surface area (Å²) in [5.74, 6) is -0.116. The van der Waals surface area contributed by atoms with Gasteiger partial charge in [-0.15, -0.1) is 23.7 Å². The predicted octanol–water partition coefficient (Wildman–Crippen LogP) is 2.33. The van der Waals surface area contributed by atoms with Gasteiger partial charge < -0.3 is 11.1 Å². The molecule has 1 aromatic rings. The van der Waals surface area contributed by atoms with E-state index in [2.05, 4.69) is 17.2 Å². The van der Waals surface area contributed by atoms with Crippen LogP contribution in [0.3, 0.4) is 0 Å². The van der Waals surface area contributed by atoms with Crippen LogP contribution in [0.5, 0.6) is 0 Å². The van der Waals surface area contributed by atoms with E-state index in [9.17, 15) is 4.79 Å². The number of hydrogen-bond donors (Lipinski definition) is 2. The fourth-order valence-corrected chi connectivity index (χ4v) is 2.22. The van der Waals surface area contributed by atoms with Crippen molar-refractivity contribution in [2.24, 2.45) is 5.73 Å². The first-order valence-corrected chi connectivity index (χ1v) is 6.33. The van der Waals surface area contributed by atoms with Gasteiger partial charge in [-0.05, 0) is 20.3 Å². The fraction of sp³-hybridized carbons (Fsp3) is 0.636. The largest absolute Gasteiger partial charge is 0.346 e. The van der Waals surface area contributed by atoms with Crippen molar-refractivity contribution in [1.29, 1.82) is 0 Å². The van der Waals surface area contributed by atoms with Crippen molar-refractivity contribution in [3.63, 3.8) is 0 Å². The molecule has 0 aliphatic rings. The van der Waals surface area contributed by atoms with Crippen molar-refractivity contribution in [2.75, 3.05) is 0 Å². The van der Waals surface area contributed by atoms with E-state index in [0.717, 1.165) is 17.8 Å². The van der Waals surface area contributed by atoms with E-state index in [1.165, 1.54) is 11.3 Å². The molecule has 1 amide bonds. The number of nitrogens with one attached hydrogen (secondary N) is 1. The summed E-state index contributed by atoms with van der Waals surface area (Å²) in [6.45, 7) is 6.52. The molecule has 0 spiro atoms. The van der Waals surface area contributed by atoms with Gasteiger partial charge in [-0.2, -0.15) is 0 Å². The van der Waals surface area contributed by atoms with Crippen LogP contribution in [0.15, 0.2) is 5.38 Å². The van der Waals surface area contributed by atoms with E-state index in [1.807, 2.05) is 13.8 Å². The zero-order valence-corrected chi connectivity index (χ0v) is 12.1. The van der Waals surface area contributed by atoms with Crippen LogP contribution in [0.1, 0.15) is 49.1 Å². The first-order valence-electron chi connectivity index (χ1n) is 5.45. The molecule has 1 rings (SSSR count). The molecular weight excluding hydrogens is 258 g/mol. The molecule has 98 valence electrons. The molecule has 1 heterocycles. The van der Waals surface area contributed by atoms with Gasteiger partial charge in [-0.25, -0.2) is 4.98 Å². The first kappa shape index (κ1) is 16.4. The molecule has 0 fully saturated rings. The molecular formula is C11H20ClN3OS. The van der Waals surface area contributed by atoms with Gasteiger partial charge in [0.15, 0.2) is 0 Å². The van der Waals surface area contributed by atoms with Crippen LogP contribution in [-0.2, 0) is 6.54 Å². The molecule has 6 heteroatoms. The lowest BCUT2D eigenvalue weighted by Crippen LogP contribution is -2.43. The average Bonchev–Trinajstić information content (AvgIpc) is 2.64. The Morgan fingerprint density at radius 2 is 2.24 bits per heavy atom. The van der Waals surface area contributed by atoms with Crippen molar-refractivity contribution in [3.8, 4) is 0 Å². The van der Waals surface area contributed by atoms with Gasteiger partial charge in [0, 0.05) is 17.5 Å². The Morgan fingerprint density at radius 3 is 2.71 bits per heavy atom. The highest BCUT2D eigenvalue weighted by Crippen LogP contribution is 2.14. The quantitative estimate of drug-likeness (QED) is 0.868. The second-order valence-electron chi connectivity index (χ2n) is 4.42. The molecule has 0 unspecified atom stereocenters. The number of carbonyl (C=O) groups excluding carboxylic acids is 1. The smallest absolute Gasteiger partial charge is 0.271 e. The van der Waals surface area contributed by atoms with E-state index in [0.29, 0.717) is 12.2 Å². The normalized spacial score (nSPS) is 10.8. The minimum atomic E-state index is -0.182. The average molecular weight is 278 g/mol. The van der Waals surface area contributed by atoms with Crippen LogP contribution < -0.4 is 11.1 Å². The van der Waals surface area contributed by atoms with E-state index in [1.54, 1.807) is 5.38 Å². The third-order valence-corrected chi connectivity index (χ3v) is 3.16. The Hall–Kier alpha value is -0.650. The van der Waals surface area contributed by atoms with Crippen molar-refractivity contribution in [2.45, 2.75) is 45.7 Å². The molecule has 0 atom stereocenters. The fourth-order valence-electron chi connectivity index (χ4n) is 1.57. The summed E-state index contributed by atoms with van der Waals surface area (Å²) < 4.78 is 0. The number of rotatable bonds is 5. The van der Waals surface area contributed by atoms with Gasteiger partial charge in [-0.1, -0.05) is 13.3 Å². The molecule has 17 heavy (non-hydrogen) atoms. The minimum Gasteiger partial charge on any atom is -0.346 e. The van der Waals surface area contributed by atoms with Crippen LogP contribution >= 0.6 is 23.7 Å². The third kappa shape index (κ3) is 5.02. The van der Waals surface area contributed by atoms with Crippen molar-refractivity contribution >= 4 is 29.7 Å². The zero-order valence-electron chi connectivity index (χ0n) is 10.4. The van der Waals surface area contributed by atoms with Gasteiger partial charge in [0.2, 0.25) is 0 Å². The van der Waals surface area contributed by atoms with Gasteiger partial charge in [0.1, 0.15) is 10.7 Å². The predicted molar refractivity (Wildman–Crippen MR) is 73.7 cm³/mol. The summed E-state index contributed by atoms with van der Waals surface area (Å²) in [6, 6.07) is 0. The highest BCUT2D eigenvalue weighted by molar-refractivity contribution is 7.09. The number of thiazole rings is 1. The second kappa shape index (κ2) is 6.93. The van der Waals surface area contributed by atoms with Gasteiger partial charge in [0.05, 0.1) is 0 Å². The number of carbonyl (C=O) groups is 1. The van der Waals surface area contributed by atoms with Gasteiger partial charge in [-0.3, -0.25) is 4.79 Å². The number of aromatic nitrogens is 1. The Balaban J connectivity index is 0.00000256. The second-order valence-corrected chi connectivity index (χ2v) is 5.36. The van der Waals surface area contributed by atoms with Crippen molar-refractivity contribution < 1.29 is 4.79 Å². The summed E-state index contributed by atoms with van der Waals surface area (Å²) in [5.41, 5.74) is 5.74. The summed E-state index contributed by atoms with van der Waals surface area (Å²) in [7, 11) is 0. The lowest BCUT2D eigenvalue weighted by atomic mass is 9.99. The van der Waals surface area contributed by atoms with Crippen LogP contribution in [0.2, 0.25) is 0 Å². The van der Waals surface area contributed by atoms with Gasteiger partial charge >= 0.3 is 0 Å². The molecule has 1 aromatic heterocycles. The van der Waals surface area contributed by atoms with Gasteiger partial charge in [0.25, 0.3) is 5.91 Å². The van der Waals surface area contributed by atoms with Crippen LogP contribution in [0.25, 0.3) is 0 Å². The molecule has 0 saturated carbocycles. The molecule has 0 radical (unpaired) electrons. The molecule has 0 aromatic carbocycles. The number of nitrogens with two attached hydrogens (primary N) is 1. The lowest BCUT2D eigenvalue weighted by molar-refractivity contribution is 0.0904. The minimum absolute atomic E-state index is 0. The highest BCUT2D eigenvalue weighted by atomic mass is 35.5. The molecule has 0 bridgehead atoms. The third-order valence-electron chi connectivity index (χ3n) is 2.29. The SMILES string of the molecule is CCCC(C)(C)NC(=O)c1csc(CN)n1.Cl. The van der Waals surface area contributed by atoms with Crippen LogP contribution in [-0.4, -0.2) is 16.4 Å². The van der Waals surface area contributed by atoms with E-state index < -0.39 is 0 Å². The Labute approximate surface area is 112 Å². The maximum absolute atomic E-state index is 11.9. The summed E-state index contributed by atoms with van der Waals surface area (Å²) in [4.78, 5) is 16.0. The van der Waals surface area contributed by atoms with E-state index in [4.69, 9.17) is 5.73 Å². The van der Waals surface area contributed by atoms with Crippen LogP contribution in [0.4, 0.5) is 0 Å². The number of halogens is 1. The van der Waals surface area contributed by atoms with E-state index >= 15 is 0 Å². The Kier molecular flexibility index (Phi) is 6.67. The van der Waals surface area contributed by atoms with Crippen molar-refractivity contribution in [3.05, 3.63) is 16.1 Å². The topological polar surface area (TPSA) is 68.0 Å². The summed E-state index contributed by atoms with van der Waals surface area (Å²) in [6.07, 6.45) is 1.99. The van der Waals surface area contributed by atoms with Crippen molar-refractivity contribution in [1.82, 2.24) is 10.3 Å². The molecule has 0 saturated heterocycles. The lowest BCUT2D eigenvalue weighted by Gasteiger charge is -2.25. The first-order chi connectivity index (χ1) is 7.48. The Morgan fingerprint density at radius 1 is 1.59 bits per heavy atom. The zero-order chi connectivity index (χ0) is 12.2.